The van der Waals surface area contributed by atoms with E-state index >= 15 is 0 Å². The number of fused-ring (bicyclic) bond motifs is 1. The van der Waals surface area contributed by atoms with Crippen molar-refractivity contribution in [1.29, 1.82) is 0 Å². The molecule has 1 aliphatic rings. The number of aromatic amines is 1. The van der Waals surface area contributed by atoms with Crippen LogP contribution in [0.2, 0.25) is 0 Å². The lowest BCUT2D eigenvalue weighted by atomic mass is 9.90. The zero-order valence-electron chi connectivity index (χ0n) is 8.40. The van der Waals surface area contributed by atoms with Crippen molar-refractivity contribution >= 4 is 5.69 Å². The highest BCUT2D eigenvalue weighted by Gasteiger charge is 2.22. The maximum atomic E-state index is 4.36. The molecule has 3 heteroatoms. The molecular formula is C12H13N3. The third-order valence-electron chi connectivity index (χ3n) is 2.93. The lowest BCUT2D eigenvalue weighted by Crippen LogP contribution is -2.18. The van der Waals surface area contributed by atoms with Gasteiger partial charge in [-0.25, -0.2) is 4.98 Å². The second-order valence-corrected chi connectivity index (χ2v) is 3.83. The SMILES string of the molecule is c1ccc2c(c1)NCC[C@@H]2c1ncc[nH]1. The molecule has 2 heterocycles. The van der Waals surface area contributed by atoms with Crippen LogP contribution in [-0.2, 0) is 0 Å². The van der Waals surface area contributed by atoms with Gasteiger partial charge < -0.3 is 10.3 Å². The quantitative estimate of drug-likeness (QED) is 0.740. The molecule has 0 spiro atoms. The highest BCUT2D eigenvalue weighted by molar-refractivity contribution is 5.56. The summed E-state index contributed by atoms with van der Waals surface area (Å²) in [5, 5.41) is 3.41. The number of H-pyrrole nitrogens is 1. The Labute approximate surface area is 88.6 Å². The van der Waals surface area contributed by atoms with Gasteiger partial charge in [0.2, 0.25) is 0 Å². The van der Waals surface area contributed by atoms with Gasteiger partial charge in [0.05, 0.1) is 0 Å². The predicted octanol–water partition coefficient (Wildman–Crippen LogP) is 2.36. The van der Waals surface area contributed by atoms with Crippen molar-refractivity contribution < 1.29 is 0 Å². The van der Waals surface area contributed by atoms with Gasteiger partial charge in [-0.15, -0.1) is 0 Å². The van der Waals surface area contributed by atoms with Crippen LogP contribution < -0.4 is 5.32 Å². The molecule has 15 heavy (non-hydrogen) atoms. The van der Waals surface area contributed by atoms with E-state index in [2.05, 4.69) is 39.6 Å². The first-order valence-corrected chi connectivity index (χ1v) is 5.27. The fourth-order valence-electron chi connectivity index (χ4n) is 2.22. The number of nitrogens with one attached hydrogen (secondary N) is 2. The Morgan fingerprint density at radius 3 is 3.07 bits per heavy atom. The van der Waals surface area contributed by atoms with Crippen molar-refractivity contribution in [2.45, 2.75) is 12.3 Å². The summed E-state index contributed by atoms with van der Waals surface area (Å²) in [6.07, 6.45) is 4.81. The maximum absolute atomic E-state index is 4.36. The normalized spacial score (nSPS) is 19.3. The molecule has 0 saturated carbocycles. The van der Waals surface area contributed by atoms with Gasteiger partial charge in [0.15, 0.2) is 0 Å². The highest BCUT2D eigenvalue weighted by Crippen LogP contribution is 2.34. The zero-order valence-corrected chi connectivity index (χ0v) is 8.40. The van der Waals surface area contributed by atoms with E-state index in [1.807, 2.05) is 12.4 Å². The van der Waals surface area contributed by atoms with E-state index in [9.17, 15) is 0 Å². The summed E-state index contributed by atoms with van der Waals surface area (Å²) < 4.78 is 0. The van der Waals surface area contributed by atoms with Crippen molar-refractivity contribution in [3.05, 3.63) is 48.0 Å². The standard InChI is InChI=1S/C12H13N3/c1-2-4-11-9(3-1)10(5-6-13-11)12-14-7-8-15-12/h1-4,7-8,10,13H,5-6H2,(H,14,15)/t10-/m0/s1. The van der Waals surface area contributed by atoms with Crippen LogP contribution in [0.3, 0.4) is 0 Å². The molecule has 0 fully saturated rings. The average Bonchev–Trinajstić information content (AvgIpc) is 2.82. The van der Waals surface area contributed by atoms with Crippen LogP contribution >= 0.6 is 0 Å². The Morgan fingerprint density at radius 2 is 2.20 bits per heavy atom. The third-order valence-corrected chi connectivity index (χ3v) is 2.93. The number of anilines is 1. The molecule has 1 aromatic heterocycles. The predicted molar refractivity (Wildman–Crippen MR) is 60.0 cm³/mol. The van der Waals surface area contributed by atoms with Crippen molar-refractivity contribution in [2.24, 2.45) is 0 Å². The van der Waals surface area contributed by atoms with Gasteiger partial charge in [0.1, 0.15) is 5.82 Å². The Kier molecular flexibility index (Phi) is 1.95. The second-order valence-electron chi connectivity index (χ2n) is 3.83. The average molecular weight is 199 g/mol. The van der Waals surface area contributed by atoms with Crippen LogP contribution in [0, 0.1) is 0 Å². The number of para-hydroxylation sites is 1. The molecule has 0 amide bonds. The molecule has 1 aliphatic heterocycles. The largest absolute Gasteiger partial charge is 0.385 e. The minimum atomic E-state index is 0.414. The van der Waals surface area contributed by atoms with Gasteiger partial charge in [0, 0.05) is 30.5 Å². The summed E-state index contributed by atoms with van der Waals surface area (Å²) in [6, 6.07) is 8.46. The third kappa shape index (κ3) is 1.40. The van der Waals surface area contributed by atoms with Crippen LogP contribution in [0.4, 0.5) is 5.69 Å². The number of aromatic nitrogens is 2. The summed E-state index contributed by atoms with van der Waals surface area (Å²) in [4.78, 5) is 7.56. The van der Waals surface area contributed by atoms with Gasteiger partial charge >= 0.3 is 0 Å². The molecule has 2 aromatic rings. The molecule has 0 bridgehead atoms. The van der Waals surface area contributed by atoms with Gasteiger partial charge in [-0.05, 0) is 18.1 Å². The number of nitrogens with zero attached hydrogens (tertiary/aromatic N) is 1. The fourth-order valence-corrected chi connectivity index (χ4v) is 2.22. The number of benzene rings is 1. The van der Waals surface area contributed by atoms with Gasteiger partial charge in [-0.1, -0.05) is 18.2 Å². The highest BCUT2D eigenvalue weighted by atomic mass is 14.9. The molecule has 76 valence electrons. The van der Waals surface area contributed by atoms with E-state index in [-0.39, 0.29) is 0 Å². The van der Waals surface area contributed by atoms with E-state index in [1.54, 1.807) is 0 Å². The molecule has 0 aliphatic carbocycles. The summed E-state index contributed by atoms with van der Waals surface area (Å²) in [7, 11) is 0. The Morgan fingerprint density at radius 1 is 1.27 bits per heavy atom. The fraction of sp³-hybridized carbons (Fsp3) is 0.250. The Balaban J connectivity index is 2.06. The minimum absolute atomic E-state index is 0.414. The number of rotatable bonds is 1. The van der Waals surface area contributed by atoms with Crippen LogP contribution in [0.1, 0.15) is 23.7 Å². The molecule has 1 atom stereocenters. The second kappa shape index (κ2) is 3.42. The van der Waals surface area contributed by atoms with E-state index in [0.717, 1.165) is 18.8 Å². The number of hydrogen-bond acceptors (Lipinski definition) is 2. The lowest BCUT2D eigenvalue weighted by molar-refractivity contribution is 0.684. The summed E-state index contributed by atoms with van der Waals surface area (Å²) in [6.45, 7) is 1.02. The molecule has 0 saturated heterocycles. The first-order chi connectivity index (χ1) is 7.45. The van der Waals surface area contributed by atoms with Gasteiger partial charge in [0.25, 0.3) is 0 Å². The van der Waals surface area contributed by atoms with E-state index in [4.69, 9.17) is 0 Å². The van der Waals surface area contributed by atoms with Crippen molar-refractivity contribution in [3.8, 4) is 0 Å². The maximum Gasteiger partial charge on any atom is 0.113 e. The molecule has 0 unspecified atom stereocenters. The smallest absolute Gasteiger partial charge is 0.113 e. The molecule has 0 radical (unpaired) electrons. The Bertz CT molecular complexity index is 448. The van der Waals surface area contributed by atoms with Crippen molar-refractivity contribution in [3.63, 3.8) is 0 Å². The lowest BCUT2D eigenvalue weighted by Gasteiger charge is -2.25. The number of imidazole rings is 1. The molecule has 3 rings (SSSR count). The van der Waals surface area contributed by atoms with E-state index in [1.165, 1.54) is 11.3 Å². The monoisotopic (exact) mass is 199 g/mol. The molecule has 3 nitrogen and oxygen atoms in total. The number of hydrogen-bond donors (Lipinski definition) is 2. The summed E-state index contributed by atoms with van der Waals surface area (Å²) in [5.74, 6) is 1.49. The van der Waals surface area contributed by atoms with Crippen LogP contribution in [-0.4, -0.2) is 16.5 Å². The molecular weight excluding hydrogens is 186 g/mol. The Hall–Kier alpha value is -1.77. The van der Waals surface area contributed by atoms with Crippen LogP contribution in [0.25, 0.3) is 0 Å². The first kappa shape index (κ1) is 8.53. The van der Waals surface area contributed by atoms with Crippen molar-refractivity contribution in [2.75, 3.05) is 11.9 Å². The van der Waals surface area contributed by atoms with E-state index < -0.39 is 0 Å². The molecule has 1 aromatic carbocycles. The van der Waals surface area contributed by atoms with Crippen LogP contribution in [0.5, 0.6) is 0 Å². The molecule has 2 N–H and O–H groups in total. The summed E-state index contributed by atoms with van der Waals surface area (Å²) >= 11 is 0. The van der Waals surface area contributed by atoms with E-state index in [0.29, 0.717) is 5.92 Å². The van der Waals surface area contributed by atoms with Crippen molar-refractivity contribution in [1.82, 2.24) is 9.97 Å². The van der Waals surface area contributed by atoms with Gasteiger partial charge in [-0.2, -0.15) is 0 Å². The topological polar surface area (TPSA) is 40.7 Å². The first-order valence-electron chi connectivity index (χ1n) is 5.27. The minimum Gasteiger partial charge on any atom is -0.385 e. The van der Waals surface area contributed by atoms with Gasteiger partial charge in [-0.3, -0.25) is 0 Å². The summed E-state index contributed by atoms with van der Waals surface area (Å²) in [5.41, 5.74) is 2.59. The zero-order chi connectivity index (χ0) is 10.1. The van der Waals surface area contributed by atoms with Crippen LogP contribution in [0.15, 0.2) is 36.7 Å².